The Morgan fingerprint density at radius 3 is 2.30 bits per heavy atom. The summed E-state index contributed by atoms with van der Waals surface area (Å²) in [6, 6.07) is 9.50. The van der Waals surface area contributed by atoms with E-state index in [1.54, 1.807) is 6.20 Å². The minimum atomic E-state index is -0.159. The van der Waals surface area contributed by atoms with Crippen LogP contribution in [-0.2, 0) is 7.05 Å². The molecule has 0 saturated carbocycles. The van der Waals surface area contributed by atoms with Crippen molar-refractivity contribution in [3.8, 4) is 0 Å². The molecule has 0 aliphatic carbocycles. The third kappa shape index (κ3) is 3.51. The highest BCUT2D eigenvalue weighted by atomic mass is 35.5. The van der Waals surface area contributed by atoms with Gasteiger partial charge < -0.3 is 9.88 Å². The number of nitrogens with one attached hydrogen (secondary N) is 1. The number of aromatic nitrogens is 4. The zero-order chi connectivity index (χ0) is 16.4. The normalized spacial score (nSPS) is 12.2. The maximum absolute atomic E-state index is 6.01. The van der Waals surface area contributed by atoms with Crippen molar-refractivity contribution in [3.05, 3.63) is 70.5 Å². The van der Waals surface area contributed by atoms with E-state index < -0.39 is 0 Å². The summed E-state index contributed by atoms with van der Waals surface area (Å²) in [4.78, 5) is 13.4. The van der Waals surface area contributed by atoms with Crippen LogP contribution in [0, 0.1) is 13.8 Å². The topological polar surface area (TPSA) is 55.6 Å². The summed E-state index contributed by atoms with van der Waals surface area (Å²) < 4.78 is 1.98. The van der Waals surface area contributed by atoms with Crippen molar-refractivity contribution in [1.29, 1.82) is 0 Å². The Morgan fingerprint density at radius 2 is 1.74 bits per heavy atom. The molecule has 5 nitrogen and oxygen atoms in total. The van der Waals surface area contributed by atoms with Crippen molar-refractivity contribution in [2.24, 2.45) is 7.05 Å². The number of imidazole rings is 1. The van der Waals surface area contributed by atoms with Crippen molar-refractivity contribution < 1.29 is 0 Å². The van der Waals surface area contributed by atoms with Crippen LogP contribution in [0.5, 0.6) is 0 Å². The molecule has 3 aromatic rings. The number of aryl methyl sites for hydroxylation is 3. The molecular formula is C17H18ClN5. The van der Waals surface area contributed by atoms with Gasteiger partial charge in [0.05, 0.1) is 0 Å². The van der Waals surface area contributed by atoms with E-state index in [-0.39, 0.29) is 6.04 Å². The smallest absolute Gasteiger partial charge is 0.223 e. The van der Waals surface area contributed by atoms with Gasteiger partial charge >= 0.3 is 0 Å². The van der Waals surface area contributed by atoms with E-state index in [2.05, 4.69) is 20.3 Å². The SMILES string of the molecule is Cc1cc(C)nc(N[C@@H](c2ccc(Cl)cc2)c2nccn2C)n1. The molecule has 0 spiro atoms. The average Bonchev–Trinajstić information content (AvgIpc) is 2.91. The first-order chi connectivity index (χ1) is 11.0. The number of anilines is 1. The van der Waals surface area contributed by atoms with Gasteiger partial charge in [-0.3, -0.25) is 0 Å². The second kappa shape index (κ2) is 6.38. The molecule has 0 saturated heterocycles. The van der Waals surface area contributed by atoms with Crippen LogP contribution in [0.2, 0.25) is 5.02 Å². The quantitative estimate of drug-likeness (QED) is 0.794. The minimum Gasteiger partial charge on any atom is -0.340 e. The van der Waals surface area contributed by atoms with Gasteiger partial charge in [0.1, 0.15) is 11.9 Å². The lowest BCUT2D eigenvalue weighted by Gasteiger charge is -2.19. The molecule has 3 rings (SSSR count). The summed E-state index contributed by atoms with van der Waals surface area (Å²) in [6.45, 7) is 3.91. The third-order valence-electron chi connectivity index (χ3n) is 3.58. The standard InChI is InChI=1S/C17H18ClN5/c1-11-10-12(2)21-17(20-11)22-15(16-19-8-9-23(16)3)13-4-6-14(18)7-5-13/h4-10,15H,1-3H3,(H,20,21,22)/t15-/m0/s1. The number of hydrogen-bond donors (Lipinski definition) is 1. The lowest BCUT2D eigenvalue weighted by atomic mass is 10.1. The molecule has 0 aliphatic heterocycles. The first kappa shape index (κ1) is 15.5. The Labute approximate surface area is 140 Å². The average molecular weight is 328 g/mol. The van der Waals surface area contributed by atoms with E-state index in [4.69, 9.17) is 11.6 Å². The summed E-state index contributed by atoms with van der Waals surface area (Å²) >= 11 is 6.01. The van der Waals surface area contributed by atoms with Gasteiger partial charge in [0, 0.05) is 35.9 Å². The van der Waals surface area contributed by atoms with Gasteiger partial charge in [-0.2, -0.15) is 0 Å². The summed E-state index contributed by atoms with van der Waals surface area (Å²) in [5, 5.41) is 4.09. The fraction of sp³-hybridized carbons (Fsp3) is 0.235. The Morgan fingerprint density at radius 1 is 1.09 bits per heavy atom. The molecule has 0 unspecified atom stereocenters. The highest BCUT2D eigenvalue weighted by molar-refractivity contribution is 6.30. The number of benzene rings is 1. The molecule has 0 fully saturated rings. The Balaban J connectivity index is 2.01. The molecule has 1 atom stereocenters. The predicted octanol–water partition coefficient (Wildman–Crippen LogP) is 3.68. The largest absolute Gasteiger partial charge is 0.340 e. The molecule has 0 amide bonds. The number of rotatable bonds is 4. The molecule has 118 valence electrons. The minimum absolute atomic E-state index is 0.159. The predicted molar refractivity (Wildman–Crippen MR) is 91.6 cm³/mol. The maximum atomic E-state index is 6.01. The van der Waals surface area contributed by atoms with E-state index in [1.165, 1.54) is 0 Å². The molecular weight excluding hydrogens is 310 g/mol. The zero-order valence-electron chi connectivity index (χ0n) is 13.3. The highest BCUT2D eigenvalue weighted by Crippen LogP contribution is 2.25. The Bertz CT molecular complexity index is 790. The van der Waals surface area contributed by atoms with Crippen molar-refractivity contribution in [3.63, 3.8) is 0 Å². The van der Waals surface area contributed by atoms with Crippen LogP contribution in [-0.4, -0.2) is 19.5 Å². The zero-order valence-corrected chi connectivity index (χ0v) is 14.0. The fourth-order valence-corrected chi connectivity index (χ4v) is 2.65. The van der Waals surface area contributed by atoms with Crippen LogP contribution in [0.25, 0.3) is 0 Å². The van der Waals surface area contributed by atoms with Gasteiger partial charge in [0.15, 0.2) is 0 Å². The van der Waals surface area contributed by atoms with Gasteiger partial charge in [-0.1, -0.05) is 23.7 Å². The van der Waals surface area contributed by atoms with Crippen LogP contribution in [0.15, 0.2) is 42.7 Å². The first-order valence-electron chi connectivity index (χ1n) is 7.34. The van der Waals surface area contributed by atoms with Gasteiger partial charge in [0.25, 0.3) is 0 Å². The maximum Gasteiger partial charge on any atom is 0.223 e. The lowest BCUT2D eigenvalue weighted by molar-refractivity contribution is 0.740. The van der Waals surface area contributed by atoms with Crippen molar-refractivity contribution >= 4 is 17.5 Å². The second-order valence-electron chi connectivity index (χ2n) is 5.50. The third-order valence-corrected chi connectivity index (χ3v) is 3.83. The van der Waals surface area contributed by atoms with E-state index in [0.717, 1.165) is 22.8 Å². The molecule has 23 heavy (non-hydrogen) atoms. The Kier molecular flexibility index (Phi) is 4.30. The number of nitrogens with zero attached hydrogens (tertiary/aromatic N) is 4. The van der Waals surface area contributed by atoms with Crippen LogP contribution in [0.4, 0.5) is 5.95 Å². The molecule has 0 bridgehead atoms. The summed E-state index contributed by atoms with van der Waals surface area (Å²) in [5.74, 6) is 1.47. The molecule has 0 aliphatic rings. The van der Waals surface area contributed by atoms with Crippen LogP contribution in [0.3, 0.4) is 0 Å². The molecule has 6 heteroatoms. The van der Waals surface area contributed by atoms with Gasteiger partial charge in [-0.25, -0.2) is 15.0 Å². The van der Waals surface area contributed by atoms with Crippen molar-refractivity contribution in [1.82, 2.24) is 19.5 Å². The second-order valence-corrected chi connectivity index (χ2v) is 5.94. The van der Waals surface area contributed by atoms with E-state index in [1.807, 2.05) is 62.0 Å². The Hall–Kier alpha value is -2.40. The highest BCUT2D eigenvalue weighted by Gasteiger charge is 2.19. The lowest BCUT2D eigenvalue weighted by Crippen LogP contribution is -2.18. The van der Waals surface area contributed by atoms with Gasteiger partial charge in [-0.15, -0.1) is 0 Å². The summed E-state index contributed by atoms with van der Waals surface area (Å²) in [7, 11) is 1.97. The van der Waals surface area contributed by atoms with E-state index >= 15 is 0 Å². The summed E-state index contributed by atoms with van der Waals surface area (Å²) in [6.07, 6.45) is 3.70. The molecule has 1 N–H and O–H groups in total. The number of halogens is 1. The first-order valence-corrected chi connectivity index (χ1v) is 7.72. The van der Waals surface area contributed by atoms with Crippen LogP contribution < -0.4 is 5.32 Å². The van der Waals surface area contributed by atoms with Gasteiger partial charge in [-0.05, 0) is 37.6 Å². The number of hydrogen-bond acceptors (Lipinski definition) is 4. The monoisotopic (exact) mass is 327 g/mol. The van der Waals surface area contributed by atoms with Crippen molar-refractivity contribution in [2.45, 2.75) is 19.9 Å². The molecule has 2 aromatic heterocycles. The van der Waals surface area contributed by atoms with E-state index in [9.17, 15) is 0 Å². The van der Waals surface area contributed by atoms with Gasteiger partial charge in [0.2, 0.25) is 5.95 Å². The summed E-state index contributed by atoms with van der Waals surface area (Å²) in [5.41, 5.74) is 2.90. The van der Waals surface area contributed by atoms with E-state index in [0.29, 0.717) is 11.0 Å². The van der Waals surface area contributed by atoms with Crippen LogP contribution >= 0.6 is 11.6 Å². The van der Waals surface area contributed by atoms with Crippen molar-refractivity contribution in [2.75, 3.05) is 5.32 Å². The van der Waals surface area contributed by atoms with Crippen LogP contribution in [0.1, 0.15) is 28.8 Å². The molecule has 2 heterocycles. The molecule has 1 aromatic carbocycles. The fourth-order valence-electron chi connectivity index (χ4n) is 2.53. The molecule has 0 radical (unpaired) electrons.